The van der Waals surface area contributed by atoms with E-state index in [0.717, 1.165) is 16.3 Å². The summed E-state index contributed by atoms with van der Waals surface area (Å²) in [4.78, 5) is 11.1. The second-order valence-corrected chi connectivity index (χ2v) is 5.04. The Balaban J connectivity index is 1.96. The van der Waals surface area contributed by atoms with Crippen LogP contribution in [0.15, 0.2) is 54.6 Å². The molecule has 22 heavy (non-hydrogen) atoms. The van der Waals surface area contributed by atoms with Crippen LogP contribution in [-0.2, 0) is 0 Å². The van der Waals surface area contributed by atoms with Crippen LogP contribution < -0.4 is 9.47 Å². The van der Waals surface area contributed by atoms with Gasteiger partial charge in [0.25, 0.3) is 5.69 Å². The summed E-state index contributed by atoms with van der Waals surface area (Å²) < 4.78 is 10.6. The van der Waals surface area contributed by atoms with Gasteiger partial charge in [-0.1, -0.05) is 30.3 Å². The van der Waals surface area contributed by atoms with Crippen molar-refractivity contribution < 1.29 is 14.4 Å². The van der Waals surface area contributed by atoms with Gasteiger partial charge in [0.05, 0.1) is 10.5 Å². The zero-order chi connectivity index (χ0) is 15.1. The van der Waals surface area contributed by atoms with E-state index in [1.54, 1.807) is 18.2 Å². The number of nitro benzene ring substituents is 1. The molecule has 0 aromatic heterocycles. The first kappa shape index (κ1) is 12.6. The molecule has 0 aliphatic carbocycles. The number of nitro groups is 1. The molecule has 1 aliphatic rings. The van der Waals surface area contributed by atoms with E-state index in [1.165, 1.54) is 0 Å². The maximum Gasteiger partial charge on any atom is 0.277 e. The topological polar surface area (TPSA) is 61.6 Å². The van der Waals surface area contributed by atoms with Gasteiger partial charge in [0.15, 0.2) is 11.5 Å². The third-order valence-corrected chi connectivity index (χ3v) is 3.74. The van der Waals surface area contributed by atoms with Gasteiger partial charge in [-0.3, -0.25) is 10.1 Å². The molecule has 1 heterocycles. The molecule has 0 radical (unpaired) electrons. The van der Waals surface area contributed by atoms with Gasteiger partial charge >= 0.3 is 0 Å². The van der Waals surface area contributed by atoms with Gasteiger partial charge in [-0.15, -0.1) is 0 Å². The van der Waals surface area contributed by atoms with Crippen LogP contribution in [0.2, 0.25) is 0 Å². The van der Waals surface area contributed by atoms with E-state index in [2.05, 4.69) is 0 Å². The first-order chi connectivity index (χ1) is 10.7. The minimum absolute atomic E-state index is 0.0811. The smallest absolute Gasteiger partial charge is 0.277 e. The number of rotatable bonds is 2. The summed E-state index contributed by atoms with van der Waals surface area (Å²) in [6.45, 7) is 0.179. The average Bonchev–Trinajstić information content (AvgIpc) is 3.01. The lowest BCUT2D eigenvalue weighted by atomic mass is 9.99. The molecule has 0 amide bonds. The Morgan fingerprint density at radius 3 is 2.41 bits per heavy atom. The van der Waals surface area contributed by atoms with Gasteiger partial charge in [0, 0.05) is 6.07 Å². The summed E-state index contributed by atoms with van der Waals surface area (Å²) in [5.74, 6) is 1.27. The van der Waals surface area contributed by atoms with E-state index in [-0.39, 0.29) is 17.4 Å². The molecule has 0 spiro atoms. The highest BCUT2D eigenvalue weighted by atomic mass is 16.7. The van der Waals surface area contributed by atoms with Crippen LogP contribution >= 0.6 is 0 Å². The van der Waals surface area contributed by atoms with Gasteiger partial charge in [-0.05, 0) is 34.5 Å². The van der Waals surface area contributed by atoms with Crippen molar-refractivity contribution in [2.75, 3.05) is 6.79 Å². The van der Waals surface area contributed by atoms with Crippen molar-refractivity contribution in [3.63, 3.8) is 0 Å². The normalized spacial score (nSPS) is 12.5. The molecular weight excluding hydrogens is 282 g/mol. The highest BCUT2D eigenvalue weighted by molar-refractivity contribution is 5.92. The fourth-order valence-corrected chi connectivity index (χ4v) is 2.67. The monoisotopic (exact) mass is 293 g/mol. The molecule has 0 bridgehead atoms. The third kappa shape index (κ3) is 1.95. The van der Waals surface area contributed by atoms with Crippen LogP contribution in [0.4, 0.5) is 5.69 Å². The molecule has 0 N–H and O–H groups in total. The molecule has 0 unspecified atom stereocenters. The molecule has 1 aliphatic heterocycles. The Hall–Kier alpha value is -3.08. The van der Waals surface area contributed by atoms with E-state index in [9.17, 15) is 10.1 Å². The molecule has 0 saturated carbocycles. The summed E-state index contributed by atoms with van der Waals surface area (Å²) in [7, 11) is 0. The second kappa shape index (κ2) is 4.73. The number of hydrogen-bond acceptors (Lipinski definition) is 4. The van der Waals surface area contributed by atoms with Gasteiger partial charge in [0.1, 0.15) is 0 Å². The molecule has 3 aromatic rings. The molecule has 5 heteroatoms. The van der Waals surface area contributed by atoms with Gasteiger partial charge in [-0.2, -0.15) is 0 Å². The summed E-state index contributed by atoms with van der Waals surface area (Å²) >= 11 is 0. The van der Waals surface area contributed by atoms with Crippen molar-refractivity contribution in [2.45, 2.75) is 0 Å². The number of ether oxygens (including phenoxy) is 2. The summed E-state index contributed by atoms with van der Waals surface area (Å²) in [6, 6.07) is 16.4. The van der Waals surface area contributed by atoms with E-state index >= 15 is 0 Å². The molecule has 5 nitrogen and oxygen atoms in total. The lowest BCUT2D eigenvalue weighted by molar-refractivity contribution is -0.384. The Labute approximate surface area is 125 Å². The van der Waals surface area contributed by atoms with E-state index in [0.29, 0.717) is 17.1 Å². The fourth-order valence-electron chi connectivity index (χ4n) is 2.67. The third-order valence-electron chi connectivity index (χ3n) is 3.74. The highest BCUT2D eigenvalue weighted by Crippen LogP contribution is 2.40. The minimum Gasteiger partial charge on any atom is -0.454 e. The van der Waals surface area contributed by atoms with Gasteiger partial charge in [-0.25, -0.2) is 0 Å². The molecule has 3 aromatic carbocycles. The number of fused-ring (bicyclic) bond motifs is 2. The predicted octanol–water partition coefficient (Wildman–Crippen LogP) is 4.14. The minimum atomic E-state index is -0.355. The van der Waals surface area contributed by atoms with Crippen molar-refractivity contribution in [3.05, 3.63) is 64.7 Å². The molecule has 0 atom stereocenters. The summed E-state index contributed by atoms with van der Waals surface area (Å²) in [6.07, 6.45) is 0. The highest BCUT2D eigenvalue weighted by Gasteiger charge is 2.20. The quantitative estimate of drug-likeness (QED) is 0.526. The average molecular weight is 293 g/mol. The first-order valence-electron chi connectivity index (χ1n) is 6.79. The van der Waals surface area contributed by atoms with Crippen molar-refractivity contribution in [3.8, 4) is 22.6 Å². The van der Waals surface area contributed by atoms with Crippen LogP contribution in [0.25, 0.3) is 21.9 Å². The van der Waals surface area contributed by atoms with Crippen LogP contribution in [0.5, 0.6) is 11.5 Å². The van der Waals surface area contributed by atoms with Crippen LogP contribution in [-0.4, -0.2) is 11.7 Å². The Bertz CT molecular complexity index is 904. The fraction of sp³-hybridized carbons (Fsp3) is 0.0588. The predicted molar refractivity (Wildman–Crippen MR) is 82.2 cm³/mol. The number of benzene rings is 3. The number of nitrogens with zero attached hydrogens (tertiary/aromatic N) is 1. The van der Waals surface area contributed by atoms with Crippen molar-refractivity contribution in [1.29, 1.82) is 0 Å². The number of hydrogen-bond donors (Lipinski definition) is 0. The largest absolute Gasteiger partial charge is 0.454 e. The van der Waals surface area contributed by atoms with Gasteiger partial charge in [0.2, 0.25) is 6.79 Å². The second-order valence-electron chi connectivity index (χ2n) is 5.04. The van der Waals surface area contributed by atoms with Crippen LogP contribution in [0, 0.1) is 10.1 Å². The molecule has 4 rings (SSSR count). The van der Waals surface area contributed by atoms with Crippen LogP contribution in [0.3, 0.4) is 0 Å². The summed E-state index contributed by atoms with van der Waals surface area (Å²) in [5.41, 5.74) is 1.39. The van der Waals surface area contributed by atoms with Crippen molar-refractivity contribution in [1.82, 2.24) is 0 Å². The SMILES string of the molecule is O=[N+]([O-])c1cc2ccccc2cc1-c1ccc2c(c1)OCO2. The maximum atomic E-state index is 11.4. The lowest BCUT2D eigenvalue weighted by Gasteiger charge is -2.07. The Morgan fingerprint density at radius 1 is 0.909 bits per heavy atom. The van der Waals surface area contributed by atoms with Crippen molar-refractivity contribution >= 4 is 16.5 Å². The zero-order valence-corrected chi connectivity index (χ0v) is 11.5. The van der Waals surface area contributed by atoms with E-state index in [4.69, 9.17) is 9.47 Å². The van der Waals surface area contributed by atoms with Crippen molar-refractivity contribution in [2.24, 2.45) is 0 Å². The van der Waals surface area contributed by atoms with Gasteiger partial charge < -0.3 is 9.47 Å². The molecule has 0 saturated heterocycles. The maximum absolute atomic E-state index is 11.4. The summed E-state index contributed by atoms with van der Waals surface area (Å²) in [5, 5.41) is 13.2. The standard InChI is InChI=1S/C17H11NO4/c19-18(20)15-8-12-4-2-1-3-11(12)7-14(15)13-5-6-16-17(9-13)22-10-21-16/h1-9H,10H2. The van der Waals surface area contributed by atoms with E-state index in [1.807, 2.05) is 36.4 Å². The van der Waals surface area contributed by atoms with E-state index < -0.39 is 0 Å². The Morgan fingerprint density at radius 2 is 1.64 bits per heavy atom. The lowest BCUT2D eigenvalue weighted by Crippen LogP contribution is -1.93. The first-order valence-corrected chi connectivity index (χ1v) is 6.79. The molecule has 108 valence electrons. The Kier molecular flexibility index (Phi) is 2.72. The zero-order valence-electron chi connectivity index (χ0n) is 11.5. The molecule has 0 fully saturated rings. The van der Waals surface area contributed by atoms with Crippen LogP contribution in [0.1, 0.15) is 0 Å². The molecular formula is C17H11NO4.